The fourth-order valence-corrected chi connectivity index (χ4v) is 2.08. The molecule has 0 fully saturated rings. The van der Waals surface area contributed by atoms with Gasteiger partial charge < -0.3 is 5.21 Å². The van der Waals surface area contributed by atoms with Crippen molar-refractivity contribution in [3.05, 3.63) is 33.6 Å². The summed E-state index contributed by atoms with van der Waals surface area (Å²) < 4.78 is 116. The van der Waals surface area contributed by atoms with Crippen LogP contribution in [0.3, 0.4) is 0 Å². The van der Waals surface area contributed by atoms with Crippen LogP contribution >= 0.6 is 11.6 Å². The number of aromatic nitrogens is 2. The van der Waals surface area contributed by atoms with E-state index in [1.54, 1.807) is 0 Å². The van der Waals surface area contributed by atoms with E-state index in [4.69, 9.17) is 0 Å². The molecule has 16 heteroatoms. The van der Waals surface area contributed by atoms with E-state index in [2.05, 4.69) is 16.6 Å². The quantitative estimate of drug-likeness (QED) is 0.249. The van der Waals surface area contributed by atoms with Gasteiger partial charge in [-0.15, -0.1) is 0 Å². The molecule has 1 aromatic carbocycles. The number of halogens is 10. The fraction of sp³-hybridized carbons (Fsp3) is 0.364. The summed E-state index contributed by atoms with van der Waals surface area (Å²) >= 11 is 4.63. The zero-order valence-corrected chi connectivity index (χ0v) is 12.8. The van der Waals surface area contributed by atoms with Gasteiger partial charge in [-0.3, -0.25) is 10.1 Å². The first-order valence-corrected chi connectivity index (χ1v) is 6.61. The first-order valence-electron chi connectivity index (χ1n) is 6.23. The summed E-state index contributed by atoms with van der Waals surface area (Å²) in [4.78, 5) is 12.0. The summed E-state index contributed by atoms with van der Waals surface area (Å²) in [5.41, 5.74) is -5.65. The molecular weight excluding hydrogens is 429 g/mol. The number of rotatable bonds is 4. The molecule has 0 aliphatic rings. The molecule has 0 spiro atoms. The average Bonchev–Trinajstić information content (AvgIpc) is 2.81. The van der Waals surface area contributed by atoms with Gasteiger partial charge in [-0.2, -0.15) is 44.2 Å². The monoisotopic (exact) mass is 431 g/mol. The highest BCUT2D eigenvalue weighted by Crippen LogP contribution is 2.52. The number of non-ortho nitro benzene ring substituents is 1. The molecule has 0 amide bonds. The van der Waals surface area contributed by atoms with Gasteiger partial charge in [-0.05, 0) is 17.7 Å². The third kappa shape index (κ3) is 3.08. The molecule has 0 saturated heterocycles. The highest BCUT2D eigenvalue weighted by Gasteiger charge is 2.75. The van der Waals surface area contributed by atoms with Gasteiger partial charge in [0.2, 0.25) is 5.82 Å². The molecular formula is C11H3ClF9N3O3. The van der Waals surface area contributed by atoms with E-state index < -0.39 is 61.2 Å². The van der Waals surface area contributed by atoms with Crippen LogP contribution in [0.1, 0.15) is 11.4 Å². The van der Waals surface area contributed by atoms with E-state index in [9.17, 15) is 54.8 Å². The summed E-state index contributed by atoms with van der Waals surface area (Å²) in [5.74, 6) is -15.6. The van der Waals surface area contributed by atoms with Crippen molar-refractivity contribution in [2.75, 3.05) is 0 Å². The molecule has 1 N–H and O–H groups in total. The highest BCUT2D eigenvalue weighted by atomic mass is 35.5. The molecule has 0 atom stereocenters. The largest absolute Gasteiger partial charge is 0.460 e. The van der Waals surface area contributed by atoms with Gasteiger partial charge in [0, 0.05) is 11.6 Å². The maximum absolute atomic E-state index is 13.7. The second kappa shape index (κ2) is 5.77. The van der Waals surface area contributed by atoms with Crippen LogP contribution in [0.5, 0.6) is 0 Å². The van der Waals surface area contributed by atoms with Gasteiger partial charge in [0.15, 0.2) is 5.52 Å². The van der Waals surface area contributed by atoms with Crippen molar-refractivity contribution in [1.29, 1.82) is 0 Å². The molecule has 6 nitrogen and oxygen atoms in total. The van der Waals surface area contributed by atoms with Gasteiger partial charge in [0.25, 0.3) is 5.69 Å². The fourth-order valence-electron chi connectivity index (χ4n) is 1.97. The summed E-state index contributed by atoms with van der Waals surface area (Å²) in [6.07, 6.45) is -6.80. The lowest BCUT2D eigenvalue weighted by atomic mass is 10.1. The predicted octanol–water partition coefficient (Wildman–Crippen LogP) is 4.76. The van der Waals surface area contributed by atoms with Crippen LogP contribution in [0.25, 0.3) is 11.0 Å². The number of fused-ring (bicyclic) bond motifs is 1. The molecule has 0 radical (unpaired) electrons. The van der Waals surface area contributed by atoms with Crippen molar-refractivity contribution in [3.63, 3.8) is 0 Å². The van der Waals surface area contributed by atoms with Gasteiger partial charge >= 0.3 is 23.4 Å². The summed E-state index contributed by atoms with van der Waals surface area (Å²) in [6, 6.07) is 0.0970. The van der Waals surface area contributed by atoms with Gasteiger partial charge in [0.05, 0.1) is 4.92 Å². The Morgan fingerprint density at radius 3 is 2.00 bits per heavy atom. The zero-order valence-electron chi connectivity index (χ0n) is 12.0. The molecule has 0 aliphatic carbocycles. The Bertz CT molecular complexity index is 920. The summed E-state index contributed by atoms with van der Waals surface area (Å²) in [7, 11) is 0. The van der Waals surface area contributed by atoms with E-state index in [0.717, 1.165) is 0 Å². The maximum Gasteiger partial charge on any atom is 0.460 e. The Morgan fingerprint density at radius 2 is 1.59 bits per heavy atom. The van der Waals surface area contributed by atoms with Gasteiger partial charge in [-0.25, -0.2) is 4.98 Å². The smallest absolute Gasteiger partial charge is 0.426 e. The Labute approximate surface area is 145 Å². The first-order chi connectivity index (χ1) is 11.9. The van der Waals surface area contributed by atoms with E-state index in [-0.39, 0.29) is 12.1 Å². The van der Waals surface area contributed by atoms with Gasteiger partial charge in [-0.1, -0.05) is 0 Å². The number of nitro benzene ring substituents is 1. The van der Waals surface area contributed by atoms with Crippen LogP contribution < -0.4 is 0 Å². The summed E-state index contributed by atoms with van der Waals surface area (Å²) in [5, 5.41) is 16.1. The minimum Gasteiger partial charge on any atom is -0.426 e. The van der Waals surface area contributed by atoms with Crippen LogP contribution in [-0.4, -0.2) is 31.9 Å². The van der Waals surface area contributed by atoms with Crippen LogP contribution in [0, 0.1) is 10.1 Å². The Kier molecular flexibility index (Phi) is 4.46. The summed E-state index contributed by atoms with van der Waals surface area (Å²) in [6.45, 7) is 0. The van der Waals surface area contributed by atoms with Crippen molar-refractivity contribution >= 4 is 28.3 Å². The van der Waals surface area contributed by atoms with E-state index in [1.165, 1.54) is 0 Å². The normalized spacial score (nSPS) is 14.0. The van der Waals surface area contributed by atoms with E-state index in [0.29, 0.717) is 0 Å². The topological polar surface area (TPSA) is 81.2 Å². The van der Waals surface area contributed by atoms with Crippen LogP contribution in [0.15, 0.2) is 12.1 Å². The van der Waals surface area contributed by atoms with Crippen molar-refractivity contribution in [2.24, 2.45) is 0 Å². The van der Waals surface area contributed by atoms with E-state index in [1.807, 2.05) is 0 Å². The minimum absolute atomic E-state index is 0.0339. The maximum atomic E-state index is 13.7. The number of alkyl halides is 10. The molecule has 2 aromatic rings. The Hall–Kier alpha value is -2.45. The van der Waals surface area contributed by atoms with Crippen LogP contribution in [0.4, 0.5) is 45.2 Å². The zero-order chi connectivity index (χ0) is 21.2. The molecule has 150 valence electrons. The number of nitrogens with zero attached hydrogens (tertiary/aromatic N) is 3. The van der Waals surface area contributed by atoms with Crippen molar-refractivity contribution in [1.82, 2.24) is 9.71 Å². The second-order valence-electron chi connectivity index (χ2n) is 5.01. The number of nitro groups is 1. The van der Waals surface area contributed by atoms with Gasteiger partial charge in [0.1, 0.15) is 5.52 Å². The molecule has 0 bridgehead atoms. The first kappa shape index (κ1) is 20.9. The minimum atomic E-state index is -6.80. The Morgan fingerprint density at radius 1 is 1.07 bits per heavy atom. The number of hydrogen-bond donors (Lipinski definition) is 1. The average molecular weight is 432 g/mol. The second-order valence-corrected chi connectivity index (χ2v) is 5.49. The lowest BCUT2D eigenvalue weighted by Crippen LogP contribution is -2.51. The molecule has 2 rings (SSSR count). The molecule has 1 heterocycles. The highest BCUT2D eigenvalue weighted by molar-refractivity contribution is 6.22. The lowest BCUT2D eigenvalue weighted by molar-refractivity contribution is -0.383. The lowest BCUT2D eigenvalue weighted by Gasteiger charge is -2.26. The number of hydrogen-bond acceptors (Lipinski definition) is 4. The third-order valence-corrected chi connectivity index (χ3v) is 3.49. The van der Waals surface area contributed by atoms with Crippen molar-refractivity contribution < 1.29 is 49.6 Å². The number of imidazole rings is 1. The molecule has 0 unspecified atom stereocenters. The molecule has 0 aliphatic heterocycles. The van der Waals surface area contributed by atoms with Crippen molar-refractivity contribution in [3.8, 4) is 0 Å². The Balaban J connectivity index is 2.88. The predicted molar refractivity (Wildman–Crippen MR) is 68.2 cm³/mol. The standard InChI is InChI=1S/C11H3ClF9N3O3/c12-9(15,16)3-1-4-6(5(2-3)24(26)27)22-7(23(4)25)8(13,14)10(17,18)11(19,20)21/h1-2,25H. The van der Waals surface area contributed by atoms with Crippen LogP contribution in [0.2, 0.25) is 0 Å². The van der Waals surface area contributed by atoms with Crippen molar-refractivity contribution in [2.45, 2.75) is 23.4 Å². The molecule has 0 saturated carbocycles. The third-order valence-electron chi connectivity index (χ3n) is 3.27. The molecule has 27 heavy (non-hydrogen) atoms. The number of benzene rings is 1. The molecule has 1 aromatic heterocycles. The SMILES string of the molecule is O=[N+]([O-])c1cc(C(F)(F)Cl)cc2c1nc(C(F)(F)C(F)(F)C(F)(F)F)n2O. The van der Waals surface area contributed by atoms with Crippen LogP contribution in [-0.2, 0) is 11.3 Å². The van der Waals surface area contributed by atoms with E-state index >= 15 is 0 Å².